The summed E-state index contributed by atoms with van der Waals surface area (Å²) in [4.78, 5) is 16.5. The average molecular weight is 549 g/mol. The van der Waals surface area contributed by atoms with Crippen molar-refractivity contribution in [3.63, 3.8) is 0 Å². The number of ether oxygens (including phenoxy) is 1. The molecule has 0 spiro atoms. The zero-order valence-electron chi connectivity index (χ0n) is 24.4. The Hall–Kier alpha value is -4.23. The van der Waals surface area contributed by atoms with Gasteiger partial charge in [0.25, 0.3) is 0 Å². The van der Waals surface area contributed by atoms with E-state index in [2.05, 4.69) is 87.9 Å². The number of unbranched alkanes of at least 4 members (excludes halogenated alkanes) is 2. The largest absolute Gasteiger partial charge is 0.497 e. The predicted octanol–water partition coefficient (Wildman–Crippen LogP) is 7.35. The fourth-order valence-electron chi connectivity index (χ4n) is 5.30. The second-order valence-corrected chi connectivity index (χ2v) is 10.5. The van der Waals surface area contributed by atoms with Crippen molar-refractivity contribution in [2.24, 2.45) is 0 Å². The predicted molar refractivity (Wildman–Crippen MR) is 168 cm³/mol. The molecule has 3 aromatic carbocycles. The Morgan fingerprint density at radius 1 is 0.854 bits per heavy atom. The highest BCUT2D eigenvalue weighted by Crippen LogP contribution is 2.33. The van der Waals surface area contributed by atoms with Crippen LogP contribution in [0.2, 0.25) is 0 Å². The van der Waals surface area contributed by atoms with E-state index in [-0.39, 0.29) is 0 Å². The van der Waals surface area contributed by atoms with E-state index in [0.717, 1.165) is 91.2 Å². The number of aromatic nitrogens is 4. The fraction of sp³-hybridized carbons (Fsp3) is 0.324. The molecular formula is C34H40N6O. The van der Waals surface area contributed by atoms with Crippen molar-refractivity contribution in [1.29, 1.82) is 0 Å². The highest BCUT2D eigenvalue weighted by molar-refractivity contribution is 5.88. The van der Waals surface area contributed by atoms with Gasteiger partial charge in [-0.2, -0.15) is 0 Å². The van der Waals surface area contributed by atoms with E-state index in [1.165, 1.54) is 17.6 Å². The summed E-state index contributed by atoms with van der Waals surface area (Å²) in [7, 11) is 1.71. The number of hydrogen-bond acceptors (Lipinski definition) is 6. The number of fused-ring (bicyclic) bond motifs is 1. The summed E-state index contributed by atoms with van der Waals surface area (Å²) in [5.74, 6) is 2.36. The first kappa shape index (κ1) is 28.3. The minimum Gasteiger partial charge on any atom is -0.497 e. The number of hydrogen-bond donors (Lipinski definition) is 1. The molecule has 0 aliphatic rings. The van der Waals surface area contributed by atoms with Crippen LogP contribution in [0.3, 0.4) is 0 Å². The number of nitrogens with zero attached hydrogens (tertiary/aromatic N) is 5. The van der Waals surface area contributed by atoms with Gasteiger partial charge >= 0.3 is 0 Å². The first-order chi connectivity index (χ1) is 20.1. The first-order valence-electron chi connectivity index (χ1n) is 14.6. The van der Waals surface area contributed by atoms with Crippen LogP contribution in [0.5, 0.6) is 5.75 Å². The maximum atomic E-state index is 6.09. The zero-order chi connectivity index (χ0) is 28.6. The van der Waals surface area contributed by atoms with Crippen LogP contribution >= 0.6 is 0 Å². The van der Waals surface area contributed by atoms with Gasteiger partial charge in [-0.25, -0.2) is 15.0 Å². The second-order valence-electron chi connectivity index (χ2n) is 10.5. The fourth-order valence-corrected chi connectivity index (χ4v) is 5.30. The lowest BCUT2D eigenvalue weighted by Crippen LogP contribution is -2.26. The number of rotatable bonds is 13. The summed E-state index contributed by atoms with van der Waals surface area (Å²) in [6.07, 6.45) is 5.98. The van der Waals surface area contributed by atoms with E-state index in [1.54, 1.807) is 7.11 Å². The number of benzene rings is 3. The molecule has 7 nitrogen and oxygen atoms in total. The van der Waals surface area contributed by atoms with Crippen LogP contribution in [0.4, 0.5) is 5.82 Å². The van der Waals surface area contributed by atoms with E-state index in [1.807, 2.05) is 18.2 Å². The summed E-state index contributed by atoms with van der Waals surface area (Å²) in [6.45, 7) is 7.97. The Labute approximate surface area is 243 Å². The molecule has 0 unspecified atom stereocenters. The van der Waals surface area contributed by atoms with E-state index < -0.39 is 0 Å². The van der Waals surface area contributed by atoms with E-state index in [9.17, 15) is 0 Å². The van der Waals surface area contributed by atoms with Crippen LogP contribution in [0.25, 0.3) is 33.5 Å². The van der Waals surface area contributed by atoms with Crippen LogP contribution in [0.1, 0.15) is 50.8 Å². The first-order valence-corrected chi connectivity index (χ1v) is 14.6. The molecule has 5 aromatic rings. The molecule has 41 heavy (non-hydrogen) atoms. The number of imidazole rings is 1. The third-order valence-electron chi connectivity index (χ3n) is 7.52. The topological polar surface area (TPSA) is 82.1 Å². The van der Waals surface area contributed by atoms with Crippen molar-refractivity contribution >= 4 is 16.7 Å². The average Bonchev–Trinajstić information content (AvgIpc) is 3.37. The lowest BCUT2D eigenvalue weighted by Gasteiger charge is -2.24. The number of methoxy groups -OCH3 is 1. The zero-order valence-corrected chi connectivity index (χ0v) is 24.4. The molecule has 2 N–H and O–H groups in total. The van der Waals surface area contributed by atoms with Gasteiger partial charge in [0.2, 0.25) is 0 Å². The van der Waals surface area contributed by atoms with Gasteiger partial charge in [-0.3, -0.25) is 4.90 Å². The number of anilines is 1. The Balaban J connectivity index is 1.59. The molecule has 2 heterocycles. The molecule has 0 radical (unpaired) electrons. The normalized spacial score (nSPS) is 11.4. The molecule has 0 atom stereocenters. The molecule has 0 amide bonds. The molecule has 5 rings (SSSR count). The Bertz CT molecular complexity index is 1580. The maximum Gasteiger partial charge on any atom is 0.140 e. The van der Waals surface area contributed by atoms with Crippen molar-refractivity contribution in [2.75, 3.05) is 19.4 Å². The van der Waals surface area contributed by atoms with Crippen LogP contribution in [0, 0.1) is 0 Å². The summed E-state index contributed by atoms with van der Waals surface area (Å²) < 4.78 is 8.04. The number of nitrogen functional groups attached to an aromatic ring is 1. The third-order valence-corrected chi connectivity index (χ3v) is 7.52. The van der Waals surface area contributed by atoms with Crippen LogP contribution in [-0.2, 0) is 19.6 Å². The van der Waals surface area contributed by atoms with Crippen LogP contribution < -0.4 is 10.5 Å². The van der Waals surface area contributed by atoms with Gasteiger partial charge in [0.15, 0.2) is 0 Å². The Morgan fingerprint density at radius 2 is 1.66 bits per heavy atom. The summed E-state index contributed by atoms with van der Waals surface area (Å²) >= 11 is 0. The van der Waals surface area contributed by atoms with Gasteiger partial charge in [-0.15, -0.1) is 0 Å². The van der Waals surface area contributed by atoms with Crippen LogP contribution in [0.15, 0.2) is 79.1 Å². The van der Waals surface area contributed by atoms with Gasteiger partial charge in [0, 0.05) is 36.1 Å². The highest BCUT2D eigenvalue weighted by atomic mass is 16.5. The van der Waals surface area contributed by atoms with Crippen molar-refractivity contribution < 1.29 is 4.74 Å². The van der Waals surface area contributed by atoms with E-state index in [4.69, 9.17) is 15.5 Å². The second kappa shape index (κ2) is 13.4. The molecule has 2 aromatic heterocycles. The maximum absolute atomic E-state index is 6.09. The monoisotopic (exact) mass is 548 g/mol. The standard InChI is InChI=1S/C34H40N6O/c1-4-6-18-39(22-25-16-17-29-30(20-25)36-24-37-33(29)35)23-31-32(27-14-11-15-28(21-27)41-3)38-34(40(31)19-7-5-2)26-12-9-8-10-13-26/h8-17,20-21,24H,4-7,18-19,22-23H2,1-3H3,(H2,35,36,37). The quantitative estimate of drug-likeness (QED) is 0.166. The van der Waals surface area contributed by atoms with E-state index in [0.29, 0.717) is 5.82 Å². The molecule has 0 fully saturated rings. The van der Waals surface area contributed by atoms with Crippen molar-refractivity contribution in [3.8, 4) is 28.4 Å². The molecule has 212 valence electrons. The number of nitrogens with two attached hydrogens (primary N) is 1. The molecule has 0 aliphatic carbocycles. The lowest BCUT2D eigenvalue weighted by atomic mass is 10.1. The van der Waals surface area contributed by atoms with Crippen molar-refractivity contribution in [3.05, 3.63) is 90.4 Å². The van der Waals surface area contributed by atoms with Crippen molar-refractivity contribution in [1.82, 2.24) is 24.4 Å². The molecule has 0 saturated carbocycles. The summed E-state index contributed by atoms with van der Waals surface area (Å²) in [5.41, 5.74) is 12.6. The van der Waals surface area contributed by atoms with Crippen molar-refractivity contribution in [2.45, 2.75) is 59.2 Å². The molecule has 0 bridgehead atoms. The third kappa shape index (κ3) is 6.57. The highest BCUT2D eigenvalue weighted by Gasteiger charge is 2.22. The lowest BCUT2D eigenvalue weighted by molar-refractivity contribution is 0.246. The van der Waals surface area contributed by atoms with Crippen LogP contribution in [-0.4, -0.2) is 38.1 Å². The van der Waals surface area contributed by atoms with Gasteiger partial charge in [-0.05, 0) is 49.2 Å². The summed E-state index contributed by atoms with van der Waals surface area (Å²) in [6, 6.07) is 25.1. The SMILES string of the molecule is CCCCN(Cc1ccc2c(N)ncnc2c1)Cc1c(-c2cccc(OC)c2)nc(-c2ccccc2)n1CCCC. The van der Waals surface area contributed by atoms with Gasteiger partial charge in [-0.1, -0.05) is 75.2 Å². The molecular weight excluding hydrogens is 508 g/mol. The van der Waals surface area contributed by atoms with E-state index >= 15 is 0 Å². The van der Waals surface area contributed by atoms with Gasteiger partial charge in [0.1, 0.15) is 23.7 Å². The minimum absolute atomic E-state index is 0.514. The Morgan fingerprint density at radius 3 is 2.44 bits per heavy atom. The smallest absolute Gasteiger partial charge is 0.140 e. The summed E-state index contributed by atoms with van der Waals surface area (Å²) in [5, 5.41) is 0.891. The molecule has 0 aliphatic heterocycles. The molecule has 0 saturated heterocycles. The van der Waals surface area contributed by atoms with Gasteiger partial charge < -0.3 is 15.0 Å². The minimum atomic E-state index is 0.514. The Kier molecular flexibility index (Phi) is 9.26. The van der Waals surface area contributed by atoms with Gasteiger partial charge in [0.05, 0.1) is 24.0 Å². The molecule has 7 heteroatoms.